The molecule has 0 atom stereocenters. The van der Waals surface area contributed by atoms with Crippen LogP contribution in [0.25, 0.3) is 0 Å². The van der Waals surface area contributed by atoms with Gasteiger partial charge >= 0.3 is 5.97 Å². The van der Waals surface area contributed by atoms with Crippen LogP contribution in [0.2, 0.25) is 0 Å². The van der Waals surface area contributed by atoms with E-state index in [1.165, 1.54) is 22.9 Å². The molecule has 7 nitrogen and oxygen atoms in total. The minimum Gasteiger partial charge on any atom is -0.462 e. The van der Waals surface area contributed by atoms with Crippen molar-refractivity contribution in [3.63, 3.8) is 0 Å². The van der Waals surface area contributed by atoms with E-state index in [-0.39, 0.29) is 17.9 Å². The number of hydrogen-bond acceptors (Lipinski definition) is 5. The molecule has 0 aliphatic carbocycles. The number of ether oxygens (including phenoxy) is 1. The Bertz CT molecular complexity index is 798. The summed E-state index contributed by atoms with van der Waals surface area (Å²) in [5.41, 5.74) is 0.668. The van der Waals surface area contributed by atoms with Crippen LogP contribution >= 0.6 is 0 Å². The maximum atomic E-state index is 12.3. The molecule has 126 valence electrons. The van der Waals surface area contributed by atoms with Crippen LogP contribution in [0, 0.1) is 0 Å². The first-order chi connectivity index (χ1) is 11.5. The Labute approximate surface area is 139 Å². The Morgan fingerprint density at radius 3 is 2.71 bits per heavy atom. The number of benzene rings is 1. The summed E-state index contributed by atoms with van der Waals surface area (Å²) in [6.45, 7) is 4.36. The highest BCUT2D eigenvalue weighted by Gasteiger charge is 2.12. The van der Waals surface area contributed by atoms with Crippen molar-refractivity contribution < 1.29 is 14.3 Å². The van der Waals surface area contributed by atoms with Crippen molar-refractivity contribution in [1.82, 2.24) is 9.78 Å². The van der Waals surface area contributed by atoms with Gasteiger partial charge in [-0.15, -0.1) is 0 Å². The molecule has 1 aromatic heterocycles. The Morgan fingerprint density at radius 2 is 2.00 bits per heavy atom. The van der Waals surface area contributed by atoms with Gasteiger partial charge in [0.05, 0.1) is 12.2 Å². The molecule has 0 radical (unpaired) electrons. The van der Waals surface area contributed by atoms with Crippen molar-refractivity contribution in [1.29, 1.82) is 0 Å². The molecule has 0 aliphatic heterocycles. The lowest BCUT2D eigenvalue weighted by atomic mass is 10.2. The van der Waals surface area contributed by atoms with E-state index in [0.29, 0.717) is 17.8 Å². The van der Waals surface area contributed by atoms with E-state index >= 15 is 0 Å². The fourth-order valence-electron chi connectivity index (χ4n) is 2.08. The predicted molar refractivity (Wildman–Crippen MR) is 89.1 cm³/mol. The average Bonchev–Trinajstić information content (AvgIpc) is 2.57. The Balaban J connectivity index is 2.18. The molecular weight excluding hydrogens is 310 g/mol. The zero-order chi connectivity index (χ0) is 17.5. The van der Waals surface area contributed by atoms with Gasteiger partial charge in [0, 0.05) is 18.3 Å². The molecule has 1 aromatic carbocycles. The SMILES string of the molecule is CCCn1nc(C(=O)Nc2cccc(C(=O)OCC)c2)ccc1=O. The minimum atomic E-state index is -0.458. The molecule has 0 fully saturated rings. The van der Waals surface area contributed by atoms with E-state index in [2.05, 4.69) is 10.4 Å². The van der Waals surface area contributed by atoms with Gasteiger partial charge in [-0.25, -0.2) is 9.48 Å². The maximum absolute atomic E-state index is 12.3. The number of carbonyl (C=O) groups excluding carboxylic acids is 2. The number of anilines is 1. The smallest absolute Gasteiger partial charge is 0.338 e. The fourth-order valence-corrected chi connectivity index (χ4v) is 2.08. The molecule has 0 bridgehead atoms. The van der Waals surface area contributed by atoms with Crippen LogP contribution in [0.4, 0.5) is 5.69 Å². The van der Waals surface area contributed by atoms with Crippen LogP contribution < -0.4 is 10.9 Å². The molecule has 2 rings (SSSR count). The van der Waals surface area contributed by atoms with Gasteiger partial charge in [0.25, 0.3) is 11.5 Å². The van der Waals surface area contributed by atoms with Gasteiger partial charge < -0.3 is 10.1 Å². The molecule has 0 saturated heterocycles. The summed E-state index contributed by atoms with van der Waals surface area (Å²) in [4.78, 5) is 35.6. The first kappa shape index (κ1) is 17.4. The number of carbonyl (C=O) groups is 2. The second-order valence-corrected chi connectivity index (χ2v) is 5.04. The highest BCUT2D eigenvalue weighted by atomic mass is 16.5. The molecule has 2 aromatic rings. The van der Waals surface area contributed by atoms with Gasteiger partial charge in [0.1, 0.15) is 5.69 Å². The number of aromatic nitrogens is 2. The quantitative estimate of drug-likeness (QED) is 0.820. The van der Waals surface area contributed by atoms with E-state index in [4.69, 9.17) is 4.74 Å². The van der Waals surface area contributed by atoms with E-state index in [0.717, 1.165) is 6.42 Å². The third-order valence-electron chi connectivity index (χ3n) is 3.17. The third-order valence-corrected chi connectivity index (χ3v) is 3.17. The van der Waals surface area contributed by atoms with Crippen molar-refractivity contribution in [3.8, 4) is 0 Å². The summed E-state index contributed by atoms with van der Waals surface area (Å²) in [6.07, 6.45) is 0.736. The van der Waals surface area contributed by atoms with Gasteiger partial charge in [-0.3, -0.25) is 9.59 Å². The van der Waals surface area contributed by atoms with Crippen LogP contribution in [-0.4, -0.2) is 28.3 Å². The van der Waals surface area contributed by atoms with E-state index < -0.39 is 11.9 Å². The first-order valence-electron chi connectivity index (χ1n) is 7.71. The Hall–Kier alpha value is -2.96. The average molecular weight is 329 g/mol. The largest absolute Gasteiger partial charge is 0.462 e. The normalized spacial score (nSPS) is 10.2. The van der Waals surface area contributed by atoms with Crippen LogP contribution in [0.3, 0.4) is 0 Å². The second kappa shape index (κ2) is 8.05. The number of nitrogens with one attached hydrogen (secondary N) is 1. The molecule has 0 aliphatic rings. The molecule has 0 saturated carbocycles. The van der Waals surface area contributed by atoms with Crippen molar-refractivity contribution >= 4 is 17.6 Å². The number of esters is 1. The number of aryl methyl sites for hydroxylation is 1. The standard InChI is InChI=1S/C17H19N3O4/c1-3-10-20-15(21)9-8-14(19-20)16(22)18-13-7-5-6-12(11-13)17(23)24-4-2/h5-9,11H,3-4,10H2,1-2H3,(H,18,22). The first-order valence-corrected chi connectivity index (χ1v) is 7.71. The van der Waals surface area contributed by atoms with Gasteiger partial charge in [-0.2, -0.15) is 5.10 Å². The van der Waals surface area contributed by atoms with Crippen LogP contribution in [0.15, 0.2) is 41.2 Å². The minimum absolute atomic E-state index is 0.129. The van der Waals surface area contributed by atoms with Crippen LogP contribution in [-0.2, 0) is 11.3 Å². The summed E-state index contributed by atoms with van der Waals surface area (Å²) in [5.74, 6) is -0.913. The molecule has 1 N–H and O–H groups in total. The predicted octanol–water partition coefficient (Wildman–Crippen LogP) is 2.08. The number of hydrogen-bond donors (Lipinski definition) is 1. The molecule has 24 heavy (non-hydrogen) atoms. The van der Waals surface area contributed by atoms with Gasteiger partial charge in [0.15, 0.2) is 0 Å². The van der Waals surface area contributed by atoms with Crippen molar-refractivity contribution in [2.45, 2.75) is 26.8 Å². The third kappa shape index (κ3) is 4.28. The second-order valence-electron chi connectivity index (χ2n) is 5.04. The van der Waals surface area contributed by atoms with Crippen LogP contribution in [0.5, 0.6) is 0 Å². The van der Waals surface area contributed by atoms with Gasteiger partial charge in [-0.1, -0.05) is 13.0 Å². The summed E-state index contributed by atoms with van der Waals surface area (Å²) < 4.78 is 6.18. The zero-order valence-electron chi connectivity index (χ0n) is 13.6. The summed E-state index contributed by atoms with van der Waals surface area (Å²) in [6, 6.07) is 9.12. The molecule has 1 amide bonds. The monoisotopic (exact) mass is 329 g/mol. The maximum Gasteiger partial charge on any atom is 0.338 e. The summed E-state index contributed by atoms with van der Waals surface area (Å²) in [7, 11) is 0. The molecule has 7 heteroatoms. The van der Waals surface area contributed by atoms with Crippen LogP contribution in [0.1, 0.15) is 41.1 Å². The molecule has 0 spiro atoms. The molecular formula is C17H19N3O4. The number of rotatable bonds is 6. The lowest BCUT2D eigenvalue weighted by Gasteiger charge is -2.08. The Morgan fingerprint density at radius 1 is 1.21 bits per heavy atom. The van der Waals surface area contributed by atoms with Crippen molar-refractivity contribution in [2.75, 3.05) is 11.9 Å². The van der Waals surface area contributed by atoms with Gasteiger partial charge in [-0.05, 0) is 37.6 Å². The lowest BCUT2D eigenvalue weighted by molar-refractivity contribution is 0.0526. The highest BCUT2D eigenvalue weighted by Crippen LogP contribution is 2.12. The van der Waals surface area contributed by atoms with E-state index in [1.807, 2.05) is 6.92 Å². The van der Waals surface area contributed by atoms with Gasteiger partial charge in [0.2, 0.25) is 0 Å². The van der Waals surface area contributed by atoms with Crippen molar-refractivity contribution in [2.24, 2.45) is 0 Å². The number of amides is 1. The molecule has 1 heterocycles. The van der Waals surface area contributed by atoms with E-state index in [1.54, 1.807) is 25.1 Å². The van der Waals surface area contributed by atoms with Crippen molar-refractivity contribution in [3.05, 3.63) is 58.0 Å². The lowest BCUT2D eigenvalue weighted by Crippen LogP contribution is -2.26. The zero-order valence-corrected chi connectivity index (χ0v) is 13.6. The fraction of sp³-hybridized carbons (Fsp3) is 0.294. The number of nitrogens with zero attached hydrogens (tertiary/aromatic N) is 2. The van der Waals surface area contributed by atoms with E-state index in [9.17, 15) is 14.4 Å². The topological polar surface area (TPSA) is 90.3 Å². The summed E-state index contributed by atoms with van der Waals surface area (Å²) in [5, 5.41) is 6.71. The molecule has 0 unspecified atom stereocenters. The summed E-state index contributed by atoms with van der Waals surface area (Å²) >= 11 is 0. The Kier molecular flexibility index (Phi) is 5.83. The highest BCUT2D eigenvalue weighted by molar-refractivity contribution is 6.03.